The first-order valence-electron chi connectivity index (χ1n) is 11.9. The Bertz CT molecular complexity index is 1240. The highest BCUT2D eigenvalue weighted by Gasteiger charge is 2.46. The normalized spacial score (nSPS) is 17.8. The first-order chi connectivity index (χ1) is 17.2. The number of hydrogen-bond acceptors (Lipinski definition) is 5. The Kier molecular flexibility index (Phi) is 6.57. The molecule has 5 rings (SSSR count). The highest BCUT2D eigenvalue weighted by atomic mass is 32.1. The van der Waals surface area contributed by atoms with Crippen LogP contribution in [-0.4, -0.2) is 32.2 Å². The Morgan fingerprint density at radius 2 is 1.94 bits per heavy atom. The molecule has 0 aliphatic carbocycles. The van der Waals surface area contributed by atoms with E-state index < -0.39 is 11.7 Å². The van der Waals surface area contributed by atoms with Gasteiger partial charge in [0.1, 0.15) is 0 Å². The Balaban J connectivity index is 1.24. The zero-order chi connectivity index (χ0) is 25.5. The molecule has 3 aromatic rings. The zero-order valence-electron chi connectivity index (χ0n) is 19.9. The molecule has 2 aliphatic rings. The fraction of sp³-hybridized carbons (Fsp3) is 0.370. The third-order valence-electron chi connectivity index (χ3n) is 7.14. The van der Waals surface area contributed by atoms with E-state index in [1.807, 2.05) is 30.5 Å². The molecule has 5 nitrogen and oxygen atoms in total. The number of anilines is 1. The number of benzene rings is 2. The number of nitrogens with one attached hydrogen (secondary N) is 1. The maximum atomic E-state index is 13.2. The van der Waals surface area contributed by atoms with Gasteiger partial charge in [0.05, 0.1) is 23.1 Å². The summed E-state index contributed by atoms with van der Waals surface area (Å²) >= 11 is 1.42. The van der Waals surface area contributed by atoms with Crippen LogP contribution < -0.4 is 16.0 Å². The van der Waals surface area contributed by atoms with Crippen molar-refractivity contribution in [2.75, 3.05) is 31.2 Å². The Labute approximate surface area is 212 Å². The fourth-order valence-corrected chi connectivity index (χ4v) is 5.78. The molecule has 2 aliphatic heterocycles. The average Bonchev–Trinajstić information content (AvgIpc) is 3.52. The highest BCUT2D eigenvalue weighted by molar-refractivity contribution is 7.12. The van der Waals surface area contributed by atoms with Gasteiger partial charge in [-0.15, -0.1) is 11.3 Å². The van der Waals surface area contributed by atoms with Crippen LogP contribution in [0.1, 0.15) is 45.7 Å². The van der Waals surface area contributed by atoms with Crippen LogP contribution in [0.25, 0.3) is 11.1 Å². The smallest absolute Gasteiger partial charge is 0.381 e. The second-order valence-electron chi connectivity index (χ2n) is 9.72. The molecule has 190 valence electrons. The zero-order valence-corrected chi connectivity index (χ0v) is 20.7. The van der Waals surface area contributed by atoms with E-state index in [9.17, 15) is 18.0 Å². The van der Waals surface area contributed by atoms with Crippen LogP contribution in [0.15, 0.2) is 53.9 Å². The van der Waals surface area contributed by atoms with Crippen LogP contribution >= 0.6 is 11.3 Å². The van der Waals surface area contributed by atoms with Gasteiger partial charge < -0.3 is 20.7 Å². The van der Waals surface area contributed by atoms with Gasteiger partial charge in [-0.3, -0.25) is 4.79 Å². The number of amides is 1. The third kappa shape index (κ3) is 4.87. The lowest BCUT2D eigenvalue weighted by atomic mass is 9.79. The van der Waals surface area contributed by atoms with Crippen molar-refractivity contribution >= 4 is 22.9 Å². The van der Waals surface area contributed by atoms with Gasteiger partial charge in [-0.05, 0) is 53.8 Å². The molecule has 0 unspecified atom stereocenters. The number of alkyl halides is 3. The fourth-order valence-electron chi connectivity index (χ4n) is 4.96. The maximum Gasteiger partial charge on any atom is 0.416 e. The number of ether oxygens (including phenoxy) is 1. The molecule has 2 saturated heterocycles. The second-order valence-corrected chi connectivity index (χ2v) is 10.6. The van der Waals surface area contributed by atoms with E-state index in [4.69, 9.17) is 10.5 Å². The summed E-state index contributed by atoms with van der Waals surface area (Å²) in [5, 5.41) is 5.04. The molecular weight excluding hydrogens is 487 g/mol. The molecule has 3 heterocycles. The number of rotatable bonds is 6. The molecule has 9 heteroatoms. The molecule has 0 bridgehead atoms. The maximum absolute atomic E-state index is 13.2. The van der Waals surface area contributed by atoms with Crippen molar-refractivity contribution in [2.24, 2.45) is 11.1 Å². The minimum atomic E-state index is -4.43. The molecule has 0 saturated carbocycles. The third-order valence-corrected chi connectivity index (χ3v) is 8.05. The molecule has 3 N–H and O–H groups in total. The topological polar surface area (TPSA) is 67.6 Å². The van der Waals surface area contributed by atoms with Crippen LogP contribution in [0.3, 0.4) is 0 Å². The number of carbonyl (C=O) groups excluding carboxylic acids is 1. The Morgan fingerprint density at radius 1 is 1.19 bits per heavy atom. The average molecular weight is 516 g/mol. The minimum absolute atomic E-state index is 0.136. The van der Waals surface area contributed by atoms with Gasteiger partial charge in [0, 0.05) is 42.7 Å². The van der Waals surface area contributed by atoms with Crippen LogP contribution in [0.4, 0.5) is 18.9 Å². The monoisotopic (exact) mass is 515 g/mol. The van der Waals surface area contributed by atoms with E-state index in [0.717, 1.165) is 56.1 Å². The van der Waals surface area contributed by atoms with E-state index in [-0.39, 0.29) is 23.9 Å². The number of nitrogens with two attached hydrogens (primary N) is 1. The van der Waals surface area contributed by atoms with E-state index in [1.165, 1.54) is 17.4 Å². The number of hydrogen-bond donors (Lipinski definition) is 2. The SMILES string of the molecule is C[C@@H](NC(=O)c1cc(N2CC3(CCOC3)C2)cs1)c1ccc(-c2cc(C(F)(F)F)ccc2CN)cc1. The predicted octanol–water partition coefficient (Wildman–Crippen LogP) is 5.61. The summed E-state index contributed by atoms with van der Waals surface area (Å²) in [5.41, 5.74) is 9.00. The largest absolute Gasteiger partial charge is 0.416 e. The number of thiophene rings is 1. The number of halogens is 3. The summed E-state index contributed by atoms with van der Waals surface area (Å²) in [5.74, 6) is -0.148. The lowest BCUT2D eigenvalue weighted by Gasteiger charge is -2.48. The Hall–Kier alpha value is -2.88. The molecule has 2 fully saturated rings. The Morgan fingerprint density at radius 3 is 2.58 bits per heavy atom. The quantitative estimate of drug-likeness (QED) is 0.448. The van der Waals surface area contributed by atoms with E-state index in [2.05, 4.69) is 10.2 Å². The first-order valence-corrected chi connectivity index (χ1v) is 12.8. The molecule has 36 heavy (non-hydrogen) atoms. The van der Waals surface area contributed by atoms with Gasteiger partial charge in [-0.1, -0.05) is 30.3 Å². The van der Waals surface area contributed by atoms with Gasteiger partial charge >= 0.3 is 6.18 Å². The summed E-state index contributed by atoms with van der Waals surface area (Å²) < 4.78 is 45.2. The minimum Gasteiger partial charge on any atom is -0.381 e. The number of carbonyl (C=O) groups is 1. The van der Waals surface area contributed by atoms with Gasteiger partial charge in [-0.25, -0.2) is 0 Å². The number of nitrogens with zero attached hydrogens (tertiary/aromatic N) is 1. The molecule has 2 aromatic carbocycles. The van der Waals surface area contributed by atoms with E-state index >= 15 is 0 Å². The van der Waals surface area contributed by atoms with Crippen LogP contribution in [0, 0.1) is 5.41 Å². The molecular formula is C27H28F3N3O2S. The summed E-state index contributed by atoms with van der Waals surface area (Å²) in [6.45, 7) is 5.60. The van der Waals surface area contributed by atoms with Gasteiger partial charge in [0.25, 0.3) is 5.91 Å². The van der Waals surface area contributed by atoms with E-state index in [1.54, 1.807) is 12.1 Å². The van der Waals surface area contributed by atoms with Gasteiger partial charge in [0.2, 0.25) is 0 Å². The first kappa shape index (κ1) is 24.8. The second kappa shape index (κ2) is 9.53. The van der Waals surface area contributed by atoms with Crippen LogP contribution in [0.2, 0.25) is 0 Å². The summed E-state index contributed by atoms with van der Waals surface area (Å²) in [4.78, 5) is 15.8. The van der Waals surface area contributed by atoms with Crippen molar-refractivity contribution in [3.05, 3.63) is 75.5 Å². The summed E-state index contributed by atoms with van der Waals surface area (Å²) in [6, 6.07) is 12.5. The van der Waals surface area contributed by atoms with Crippen molar-refractivity contribution in [1.82, 2.24) is 5.32 Å². The van der Waals surface area contributed by atoms with Crippen molar-refractivity contribution in [3.63, 3.8) is 0 Å². The molecule has 1 spiro atoms. The van der Waals surface area contributed by atoms with Crippen LogP contribution in [-0.2, 0) is 17.5 Å². The van der Waals surface area contributed by atoms with Gasteiger partial charge in [0.15, 0.2) is 0 Å². The molecule has 0 radical (unpaired) electrons. The lowest BCUT2D eigenvalue weighted by molar-refractivity contribution is -0.137. The standard InChI is InChI=1S/C27H28F3N3O2S/c1-17(32-25(34)24-11-22(13-36-24)33-14-26(15-33)8-9-35-16-26)18-2-4-19(5-3-18)23-10-21(27(28,29)30)7-6-20(23)12-31/h2-7,10-11,13,17H,8-9,12,14-16,31H2,1H3,(H,32,34)/t17-/m1/s1. The van der Waals surface area contributed by atoms with Crippen molar-refractivity contribution < 1.29 is 22.7 Å². The summed E-state index contributed by atoms with van der Waals surface area (Å²) in [6.07, 6.45) is -3.33. The highest BCUT2D eigenvalue weighted by Crippen LogP contribution is 2.42. The van der Waals surface area contributed by atoms with Gasteiger partial charge in [-0.2, -0.15) is 13.2 Å². The summed E-state index contributed by atoms with van der Waals surface area (Å²) in [7, 11) is 0. The molecule has 1 atom stereocenters. The van der Waals surface area contributed by atoms with Crippen molar-refractivity contribution in [3.8, 4) is 11.1 Å². The van der Waals surface area contributed by atoms with E-state index in [0.29, 0.717) is 21.6 Å². The predicted molar refractivity (Wildman–Crippen MR) is 135 cm³/mol. The van der Waals surface area contributed by atoms with Crippen molar-refractivity contribution in [2.45, 2.75) is 32.1 Å². The van der Waals surface area contributed by atoms with Crippen molar-refractivity contribution in [1.29, 1.82) is 0 Å². The molecule has 1 aromatic heterocycles. The lowest BCUT2D eigenvalue weighted by Crippen LogP contribution is -2.56. The van der Waals surface area contributed by atoms with Crippen LogP contribution in [0.5, 0.6) is 0 Å². The molecule has 1 amide bonds.